The van der Waals surface area contributed by atoms with E-state index in [9.17, 15) is 4.79 Å². The highest BCUT2D eigenvalue weighted by atomic mass is 16.1. The summed E-state index contributed by atoms with van der Waals surface area (Å²) in [5, 5.41) is 3.04. The van der Waals surface area contributed by atoms with E-state index in [0.717, 1.165) is 49.7 Å². The van der Waals surface area contributed by atoms with Crippen molar-refractivity contribution in [2.45, 2.75) is 71.8 Å². The largest absolute Gasteiger partial charge is 0.384 e. The minimum Gasteiger partial charge on any atom is -0.384 e. The smallest absolute Gasteiger partial charge is 0.257 e. The number of aromatic nitrogens is 3. The molecule has 0 atom stereocenters. The van der Waals surface area contributed by atoms with Gasteiger partial charge in [-0.1, -0.05) is 64.5 Å². The Kier molecular flexibility index (Phi) is 7.44. The molecule has 6 nitrogen and oxygen atoms in total. The van der Waals surface area contributed by atoms with E-state index in [4.69, 9.17) is 15.7 Å². The summed E-state index contributed by atoms with van der Waals surface area (Å²) in [5.74, 6) is 0.316. The SMILES string of the molecule is CCCCCCCNC(=O)c1c(N)n(CCCCC)c2nc3ccccc3nc12. The number of para-hydroxylation sites is 2. The number of rotatable bonds is 11. The molecule has 0 aliphatic heterocycles. The Labute approximate surface area is 172 Å². The molecule has 0 radical (unpaired) electrons. The second-order valence-corrected chi connectivity index (χ2v) is 7.67. The van der Waals surface area contributed by atoms with E-state index in [1.165, 1.54) is 19.3 Å². The molecule has 156 valence electrons. The van der Waals surface area contributed by atoms with Crippen LogP contribution in [-0.2, 0) is 6.54 Å². The number of unbranched alkanes of at least 4 members (excludes halogenated alkanes) is 6. The van der Waals surface area contributed by atoms with Crippen LogP contribution in [0, 0.1) is 0 Å². The number of carbonyl (C=O) groups is 1. The maximum absolute atomic E-state index is 13.0. The quantitative estimate of drug-likeness (QED) is 0.445. The number of carbonyl (C=O) groups excluding carboxylic acids is 1. The van der Waals surface area contributed by atoms with Gasteiger partial charge in [-0.2, -0.15) is 0 Å². The topological polar surface area (TPSA) is 85.8 Å². The summed E-state index contributed by atoms with van der Waals surface area (Å²) in [6.45, 7) is 5.77. The highest BCUT2D eigenvalue weighted by Gasteiger charge is 2.23. The minimum atomic E-state index is -0.151. The Bertz CT molecular complexity index is 963. The lowest BCUT2D eigenvalue weighted by Gasteiger charge is -2.08. The average molecular weight is 396 g/mol. The Morgan fingerprint density at radius 2 is 1.62 bits per heavy atom. The van der Waals surface area contributed by atoms with Crippen LogP contribution in [0.3, 0.4) is 0 Å². The number of amides is 1. The highest BCUT2D eigenvalue weighted by Crippen LogP contribution is 2.28. The molecule has 0 saturated heterocycles. The summed E-state index contributed by atoms with van der Waals surface area (Å²) in [6.07, 6.45) is 9.02. The van der Waals surface area contributed by atoms with Gasteiger partial charge in [0.15, 0.2) is 5.65 Å². The third-order valence-corrected chi connectivity index (χ3v) is 5.37. The summed E-state index contributed by atoms with van der Waals surface area (Å²) in [7, 11) is 0. The molecule has 1 amide bonds. The van der Waals surface area contributed by atoms with Gasteiger partial charge in [-0.05, 0) is 25.0 Å². The third-order valence-electron chi connectivity index (χ3n) is 5.37. The van der Waals surface area contributed by atoms with Gasteiger partial charge in [-0.25, -0.2) is 9.97 Å². The molecule has 2 aromatic heterocycles. The molecule has 29 heavy (non-hydrogen) atoms. The van der Waals surface area contributed by atoms with E-state index in [0.29, 0.717) is 29.1 Å². The van der Waals surface area contributed by atoms with Crippen LogP contribution in [0.4, 0.5) is 5.82 Å². The Hall–Kier alpha value is -2.63. The van der Waals surface area contributed by atoms with Crippen molar-refractivity contribution in [1.82, 2.24) is 19.9 Å². The fourth-order valence-corrected chi connectivity index (χ4v) is 3.71. The van der Waals surface area contributed by atoms with E-state index in [-0.39, 0.29) is 5.91 Å². The average Bonchev–Trinajstić information content (AvgIpc) is 2.99. The van der Waals surface area contributed by atoms with Crippen LogP contribution in [0.5, 0.6) is 0 Å². The van der Waals surface area contributed by atoms with E-state index in [1.807, 2.05) is 28.8 Å². The van der Waals surface area contributed by atoms with E-state index in [1.54, 1.807) is 0 Å². The van der Waals surface area contributed by atoms with Gasteiger partial charge in [-0.15, -0.1) is 0 Å². The van der Waals surface area contributed by atoms with Crippen molar-refractivity contribution >= 4 is 33.9 Å². The van der Waals surface area contributed by atoms with Crippen LogP contribution in [-0.4, -0.2) is 27.0 Å². The molecule has 0 bridgehead atoms. The zero-order chi connectivity index (χ0) is 20.6. The van der Waals surface area contributed by atoms with E-state index in [2.05, 4.69) is 19.2 Å². The summed E-state index contributed by atoms with van der Waals surface area (Å²) >= 11 is 0. The first-order valence-corrected chi connectivity index (χ1v) is 11.0. The van der Waals surface area contributed by atoms with Gasteiger partial charge in [0.2, 0.25) is 0 Å². The summed E-state index contributed by atoms with van der Waals surface area (Å²) in [4.78, 5) is 22.5. The van der Waals surface area contributed by atoms with Gasteiger partial charge in [-0.3, -0.25) is 4.79 Å². The van der Waals surface area contributed by atoms with Crippen LogP contribution < -0.4 is 11.1 Å². The molecule has 0 aliphatic carbocycles. The normalized spacial score (nSPS) is 11.4. The van der Waals surface area contributed by atoms with Crippen molar-refractivity contribution in [2.75, 3.05) is 12.3 Å². The molecule has 3 N–H and O–H groups in total. The Morgan fingerprint density at radius 3 is 2.34 bits per heavy atom. The Morgan fingerprint density at radius 1 is 0.966 bits per heavy atom. The molecule has 0 unspecified atom stereocenters. The van der Waals surface area contributed by atoms with Crippen LogP contribution in [0.2, 0.25) is 0 Å². The predicted molar refractivity (Wildman–Crippen MR) is 120 cm³/mol. The third kappa shape index (κ3) is 4.86. The molecule has 0 saturated carbocycles. The second kappa shape index (κ2) is 10.2. The number of nitrogens with two attached hydrogens (primary N) is 1. The van der Waals surface area contributed by atoms with Gasteiger partial charge < -0.3 is 15.6 Å². The van der Waals surface area contributed by atoms with Crippen LogP contribution in [0.1, 0.15) is 75.6 Å². The zero-order valence-corrected chi connectivity index (χ0v) is 17.7. The molecule has 1 aromatic carbocycles. The number of hydrogen-bond donors (Lipinski definition) is 2. The number of benzene rings is 1. The second-order valence-electron chi connectivity index (χ2n) is 7.67. The predicted octanol–water partition coefficient (Wildman–Crippen LogP) is 5.06. The number of nitrogens with zero attached hydrogens (tertiary/aromatic N) is 3. The van der Waals surface area contributed by atoms with Gasteiger partial charge in [0.1, 0.15) is 16.9 Å². The van der Waals surface area contributed by atoms with Crippen molar-refractivity contribution < 1.29 is 4.79 Å². The van der Waals surface area contributed by atoms with Crippen LogP contribution in [0.15, 0.2) is 24.3 Å². The molecule has 0 fully saturated rings. The minimum absolute atomic E-state index is 0.151. The van der Waals surface area contributed by atoms with Gasteiger partial charge in [0.25, 0.3) is 5.91 Å². The molecule has 2 heterocycles. The monoisotopic (exact) mass is 395 g/mol. The lowest BCUT2D eigenvalue weighted by atomic mass is 10.1. The van der Waals surface area contributed by atoms with Crippen molar-refractivity contribution in [2.24, 2.45) is 0 Å². The first-order valence-electron chi connectivity index (χ1n) is 11.0. The van der Waals surface area contributed by atoms with Crippen molar-refractivity contribution in [1.29, 1.82) is 0 Å². The van der Waals surface area contributed by atoms with Gasteiger partial charge in [0, 0.05) is 13.1 Å². The molecule has 6 heteroatoms. The fourth-order valence-electron chi connectivity index (χ4n) is 3.71. The maximum atomic E-state index is 13.0. The number of aryl methyl sites for hydroxylation is 1. The summed E-state index contributed by atoms with van der Waals surface area (Å²) in [6, 6.07) is 7.74. The molecular formula is C23H33N5O. The van der Waals surface area contributed by atoms with Gasteiger partial charge >= 0.3 is 0 Å². The number of nitrogens with one attached hydrogen (secondary N) is 1. The standard InChI is InChI=1S/C23H33N5O/c1-3-5-7-8-11-15-25-23(29)19-20-22(28(21(19)24)16-12-6-4-2)27-18-14-10-9-13-17(18)26-20/h9-10,13-14H,3-8,11-12,15-16,24H2,1-2H3,(H,25,29). The highest BCUT2D eigenvalue weighted by molar-refractivity contribution is 6.10. The number of fused-ring (bicyclic) bond motifs is 2. The lowest BCUT2D eigenvalue weighted by Crippen LogP contribution is -2.25. The van der Waals surface area contributed by atoms with Crippen LogP contribution in [0.25, 0.3) is 22.2 Å². The first-order chi connectivity index (χ1) is 14.2. The summed E-state index contributed by atoms with van der Waals surface area (Å²) in [5.41, 5.74) is 9.81. The maximum Gasteiger partial charge on any atom is 0.257 e. The fraction of sp³-hybridized carbons (Fsp3) is 0.522. The number of nitrogen functional groups attached to an aromatic ring is 1. The Balaban J connectivity index is 1.89. The van der Waals surface area contributed by atoms with E-state index >= 15 is 0 Å². The molecule has 0 spiro atoms. The summed E-state index contributed by atoms with van der Waals surface area (Å²) < 4.78 is 1.96. The van der Waals surface area contributed by atoms with Crippen molar-refractivity contribution in [3.05, 3.63) is 29.8 Å². The molecular weight excluding hydrogens is 362 g/mol. The first kappa shape index (κ1) is 21.1. The van der Waals surface area contributed by atoms with Crippen LogP contribution >= 0.6 is 0 Å². The molecule has 3 rings (SSSR count). The molecule has 0 aliphatic rings. The zero-order valence-electron chi connectivity index (χ0n) is 17.7. The number of anilines is 1. The van der Waals surface area contributed by atoms with Crippen molar-refractivity contribution in [3.8, 4) is 0 Å². The molecule has 3 aromatic rings. The van der Waals surface area contributed by atoms with Gasteiger partial charge in [0.05, 0.1) is 11.0 Å². The van der Waals surface area contributed by atoms with E-state index < -0.39 is 0 Å². The lowest BCUT2D eigenvalue weighted by molar-refractivity contribution is 0.0955. The number of hydrogen-bond acceptors (Lipinski definition) is 4. The van der Waals surface area contributed by atoms with Crippen molar-refractivity contribution in [3.63, 3.8) is 0 Å².